The van der Waals surface area contributed by atoms with Crippen molar-refractivity contribution < 1.29 is 31.1 Å². The molecule has 1 N–H and O–H groups in total. The summed E-state index contributed by atoms with van der Waals surface area (Å²) in [7, 11) is -4.30. The largest absolute Gasteiger partial charge is 0.573 e. The van der Waals surface area contributed by atoms with Gasteiger partial charge in [-0.05, 0) is 31.4 Å². The van der Waals surface area contributed by atoms with E-state index in [1.165, 1.54) is 29.2 Å². The zero-order valence-corrected chi connectivity index (χ0v) is 15.0. The summed E-state index contributed by atoms with van der Waals surface area (Å²) in [5.74, 6) is -0.805. The van der Waals surface area contributed by atoms with Gasteiger partial charge >= 0.3 is 6.36 Å². The minimum Gasteiger partial charge on any atom is -0.404 e. The van der Waals surface area contributed by atoms with Gasteiger partial charge in [-0.2, -0.15) is 5.10 Å². The molecule has 1 unspecified atom stereocenters. The molecule has 1 fully saturated rings. The van der Waals surface area contributed by atoms with E-state index in [1.54, 1.807) is 0 Å². The number of nitrogens with one attached hydrogen (secondary N) is 1. The van der Waals surface area contributed by atoms with Crippen LogP contribution in [0.4, 0.5) is 18.9 Å². The fourth-order valence-corrected chi connectivity index (χ4v) is 3.93. The first-order valence-corrected chi connectivity index (χ1v) is 9.73. The number of para-hydroxylation sites is 1. The van der Waals surface area contributed by atoms with E-state index < -0.39 is 27.0 Å². The van der Waals surface area contributed by atoms with Gasteiger partial charge < -0.3 is 9.47 Å². The molecule has 1 atom stereocenters. The SMILES string of the molecule is O=S(=O)(Nc1cnn(CC2CCCCO2)c1)c1ccccc1OC(F)(F)F. The number of anilines is 1. The molecule has 27 heavy (non-hydrogen) atoms. The molecule has 1 aromatic heterocycles. The molecule has 148 valence electrons. The van der Waals surface area contributed by atoms with Crippen LogP contribution in [0.1, 0.15) is 19.3 Å². The predicted octanol–water partition coefficient (Wildman–Crippen LogP) is 3.15. The lowest BCUT2D eigenvalue weighted by molar-refractivity contribution is -0.275. The summed E-state index contributed by atoms with van der Waals surface area (Å²) in [4.78, 5) is -0.620. The Balaban J connectivity index is 1.74. The molecule has 0 aliphatic carbocycles. The molecule has 3 rings (SSSR count). The molecular weight excluding hydrogens is 387 g/mol. The number of nitrogens with zero attached hydrogens (tertiary/aromatic N) is 2. The zero-order valence-electron chi connectivity index (χ0n) is 14.1. The van der Waals surface area contributed by atoms with Crippen LogP contribution in [0.2, 0.25) is 0 Å². The number of ether oxygens (including phenoxy) is 2. The van der Waals surface area contributed by atoms with Crippen molar-refractivity contribution in [3.05, 3.63) is 36.7 Å². The lowest BCUT2D eigenvalue weighted by Crippen LogP contribution is -2.24. The number of hydrogen-bond acceptors (Lipinski definition) is 5. The quantitative estimate of drug-likeness (QED) is 0.798. The first-order chi connectivity index (χ1) is 12.7. The highest BCUT2D eigenvalue weighted by atomic mass is 32.2. The molecule has 1 aromatic carbocycles. The van der Waals surface area contributed by atoms with Crippen molar-refractivity contribution in [3.63, 3.8) is 0 Å². The Bertz CT molecular complexity index is 877. The smallest absolute Gasteiger partial charge is 0.404 e. The van der Waals surface area contributed by atoms with Crippen LogP contribution in [0.15, 0.2) is 41.6 Å². The maximum absolute atomic E-state index is 12.5. The van der Waals surface area contributed by atoms with Gasteiger partial charge in [-0.25, -0.2) is 8.42 Å². The van der Waals surface area contributed by atoms with E-state index in [0.717, 1.165) is 31.4 Å². The fraction of sp³-hybridized carbons (Fsp3) is 0.438. The number of hydrogen-bond donors (Lipinski definition) is 1. The molecule has 1 saturated heterocycles. The van der Waals surface area contributed by atoms with Crippen molar-refractivity contribution in [3.8, 4) is 5.75 Å². The lowest BCUT2D eigenvalue weighted by atomic mass is 10.1. The van der Waals surface area contributed by atoms with Gasteiger partial charge in [-0.3, -0.25) is 9.40 Å². The van der Waals surface area contributed by atoms with Crippen LogP contribution in [0.3, 0.4) is 0 Å². The average Bonchev–Trinajstić information content (AvgIpc) is 3.01. The fourth-order valence-electron chi connectivity index (χ4n) is 2.77. The Kier molecular flexibility index (Phi) is 5.61. The molecule has 2 heterocycles. The number of sulfonamides is 1. The van der Waals surface area contributed by atoms with Gasteiger partial charge in [0.15, 0.2) is 0 Å². The molecule has 0 amide bonds. The third-order valence-electron chi connectivity index (χ3n) is 3.91. The maximum Gasteiger partial charge on any atom is 0.573 e. The minimum atomic E-state index is -5.00. The van der Waals surface area contributed by atoms with Gasteiger partial charge in [-0.15, -0.1) is 13.2 Å². The summed E-state index contributed by atoms with van der Waals surface area (Å²) in [6, 6.07) is 4.53. The van der Waals surface area contributed by atoms with E-state index in [1.807, 2.05) is 0 Å². The van der Waals surface area contributed by atoms with Crippen molar-refractivity contribution >= 4 is 15.7 Å². The second-order valence-electron chi connectivity index (χ2n) is 6.04. The number of rotatable bonds is 6. The number of benzene rings is 1. The molecule has 11 heteroatoms. The molecule has 1 aliphatic heterocycles. The van der Waals surface area contributed by atoms with Gasteiger partial charge in [0.2, 0.25) is 0 Å². The highest BCUT2D eigenvalue weighted by Gasteiger charge is 2.34. The van der Waals surface area contributed by atoms with Crippen LogP contribution < -0.4 is 9.46 Å². The second kappa shape index (κ2) is 7.77. The van der Waals surface area contributed by atoms with Crippen molar-refractivity contribution in [1.82, 2.24) is 9.78 Å². The van der Waals surface area contributed by atoms with Crippen LogP contribution in [-0.4, -0.2) is 37.3 Å². The van der Waals surface area contributed by atoms with Crippen LogP contribution in [0, 0.1) is 0 Å². The normalized spacial score (nSPS) is 18.3. The van der Waals surface area contributed by atoms with E-state index in [2.05, 4.69) is 14.6 Å². The molecule has 7 nitrogen and oxygen atoms in total. The van der Waals surface area contributed by atoms with Crippen molar-refractivity contribution in [2.75, 3.05) is 11.3 Å². The van der Waals surface area contributed by atoms with Crippen LogP contribution in [0.5, 0.6) is 5.75 Å². The van der Waals surface area contributed by atoms with Crippen LogP contribution in [0.25, 0.3) is 0 Å². The van der Waals surface area contributed by atoms with E-state index in [9.17, 15) is 21.6 Å². The molecule has 0 spiro atoms. The van der Waals surface area contributed by atoms with Crippen LogP contribution >= 0.6 is 0 Å². The van der Waals surface area contributed by atoms with Gasteiger partial charge in [0, 0.05) is 12.8 Å². The van der Waals surface area contributed by atoms with E-state index in [0.29, 0.717) is 13.2 Å². The van der Waals surface area contributed by atoms with Gasteiger partial charge in [-0.1, -0.05) is 12.1 Å². The van der Waals surface area contributed by atoms with Crippen LogP contribution in [-0.2, 0) is 21.3 Å². The zero-order chi connectivity index (χ0) is 19.5. The highest BCUT2D eigenvalue weighted by Crippen LogP contribution is 2.30. The van der Waals surface area contributed by atoms with Crippen molar-refractivity contribution in [2.45, 2.75) is 43.2 Å². The third-order valence-corrected chi connectivity index (χ3v) is 5.34. The van der Waals surface area contributed by atoms with Crippen molar-refractivity contribution in [2.24, 2.45) is 0 Å². The molecule has 0 bridgehead atoms. The highest BCUT2D eigenvalue weighted by molar-refractivity contribution is 7.92. The van der Waals surface area contributed by atoms with Crippen molar-refractivity contribution in [1.29, 1.82) is 0 Å². The molecule has 0 saturated carbocycles. The first kappa shape index (κ1) is 19.5. The van der Waals surface area contributed by atoms with Gasteiger partial charge in [0.25, 0.3) is 10.0 Å². The molecular formula is C16H18F3N3O4S. The standard InChI is InChI=1S/C16H18F3N3O4S/c17-16(18,19)26-14-6-1-2-7-15(14)27(23,24)21-12-9-20-22(10-12)11-13-5-3-4-8-25-13/h1-2,6-7,9-10,13,21H,3-5,8,11H2. The Hall–Kier alpha value is -2.27. The predicted molar refractivity (Wildman–Crippen MR) is 89.8 cm³/mol. The lowest BCUT2D eigenvalue weighted by Gasteiger charge is -2.22. The summed E-state index contributed by atoms with van der Waals surface area (Å²) in [5.41, 5.74) is 0.132. The maximum atomic E-state index is 12.5. The average molecular weight is 405 g/mol. The Labute approximate surface area is 154 Å². The summed E-state index contributed by atoms with van der Waals surface area (Å²) in [6.45, 7) is 1.15. The van der Waals surface area contributed by atoms with Gasteiger partial charge in [0.1, 0.15) is 10.6 Å². The Morgan fingerprint density at radius 3 is 2.78 bits per heavy atom. The van der Waals surface area contributed by atoms with Gasteiger partial charge in [0.05, 0.1) is 24.5 Å². The van der Waals surface area contributed by atoms with E-state index >= 15 is 0 Å². The number of alkyl halides is 3. The molecule has 2 aromatic rings. The minimum absolute atomic E-state index is 0.00372. The monoisotopic (exact) mass is 405 g/mol. The number of aromatic nitrogens is 2. The first-order valence-electron chi connectivity index (χ1n) is 8.24. The van der Waals surface area contributed by atoms with E-state index in [-0.39, 0.29) is 11.8 Å². The molecule has 1 aliphatic rings. The van der Waals surface area contributed by atoms with E-state index in [4.69, 9.17) is 4.74 Å². The molecule has 0 radical (unpaired) electrons. The topological polar surface area (TPSA) is 82.5 Å². The third kappa shape index (κ3) is 5.36. The summed E-state index contributed by atoms with van der Waals surface area (Å²) < 4.78 is 75.6. The summed E-state index contributed by atoms with van der Waals surface area (Å²) in [5, 5.41) is 4.07. The Morgan fingerprint density at radius 1 is 1.30 bits per heavy atom. The number of halogens is 3. The Morgan fingerprint density at radius 2 is 2.07 bits per heavy atom. The summed E-state index contributed by atoms with van der Waals surface area (Å²) >= 11 is 0. The second-order valence-corrected chi connectivity index (χ2v) is 7.69. The summed E-state index contributed by atoms with van der Waals surface area (Å²) in [6.07, 6.45) is 0.709.